The van der Waals surface area contributed by atoms with E-state index in [1.54, 1.807) is 36.4 Å². The van der Waals surface area contributed by atoms with E-state index in [9.17, 15) is 14.0 Å². The van der Waals surface area contributed by atoms with Gasteiger partial charge in [0.1, 0.15) is 18.4 Å². The Kier molecular flexibility index (Phi) is 7.93. The van der Waals surface area contributed by atoms with E-state index >= 15 is 0 Å². The number of anilines is 3. The number of fused-ring (bicyclic) bond motifs is 1. The van der Waals surface area contributed by atoms with E-state index in [0.717, 1.165) is 5.69 Å². The average Bonchev–Trinajstić information content (AvgIpc) is 2.99. The molecular formula is C29H30ClFN4O2. The lowest BCUT2D eigenvalue weighted by Crippen LogP contribution is -2.44. The molecule has 8 heteroatoms. The molecule has 0 aromatic heterocycles. The summed E-state index contributed by atoms with van der Waals surface area (Å²) >= 11 is 6.35. The maximum absolute atomic E-state index is 15.0. The van der Waals surface area contributed by atoms with Gasteiger partial charge in [0.25, 0.3) is 5.91 Å². The van der Waals surface area contributed by atoms with Gasteiger partial charge in [0.15, 0.2) is 0 Å². The lowest BCUT2D eigenvalue weighted by atomic mass is 9.97. The van der Waals surface area contributed by atoms with E-state index in [1.807, 2.05) is 57.1 Å². The highest BCUT2D eigenvalue weighted by molar-refractivity contribution is 6.32. The van der Waals surface area contributed by atoms with Crippen LogP contribution in [0.3, 0.4) is 0 Å². The van der Waals surface area contributed by atoms with Crippen LogP contribution in [0.15, 0.2) is 71.7 Å². The Hall–Kier alpha value is -3.71. The molecular weight excluding hydrogens is 491 g/mol. The van der Waals surface area contributed by atoms with Gasteiger partial charge in [-0.25, -0.2) is 4.39 Å². The number of nitrogens with zero attached hydrogens (tertiary/aromatic N) is 3. The summed E-state index contributed by atoms with van der Waals surface area (Å²) in [6.07, 6.45) is 0.680. The molecule has 0 aliphatic carbocycles. The second-order valence-electron chi connectivity index (χ2n) is 9.36. The van der Waals surface area contributed by atoms with Crippen molar-refractivity contribution in [3.63, 3.8) is 0 Å². The quantitative estimate of drug-likeness (QED) is 0.429. The van der Waals surface area contributed by atoms with Gasteiger partial charge >= 0.3 is 0 Å². The van der Waals surface area contributed by atoms with Crippen LogP contribution in [-0.4, -0.2) is 44.2 Å². The average molecular weight is 521 g/mol. The summed E-state index contributed by atoms with van der Waals surface area (Å²) in [6, 6.07) is 18.0. The Morgan fingerprint density at radius 1 is 1.11 bits per heavy atom. The zero-order chi connectivity index (χ0) is 26.7. The summed E-state index contributed by atoms with van der Waals surface area (Å²) in [6.45, 7) is 3.67. The molecule has 0 saturated heterocycles. The van der Waals surface area contributed by atoms with Crippen LogP contribution < -0.4 is 15.1 Å². The predicted molar refractivity (Wildman–Crippen MR) is 148 cm³/mol. The van der Waals surface area contributed by atoms with Gasteiger partial charge in [0, 0.05) is 41.6 Å². The molecule has 37 heavy (non-hydrogen) atoms. The highest BCUT2D eigenvalue weighted by atomic mass is 35.5. The van der Waals surface area contributed by atoms with Crippen LogP contribution in [0.1, 0.15) is 31.4 Å². The number of benzene rings is 3. The first kappa shape index (κ1) is 26.4. The van der Waals surface area contributed by atoms with Crippen LogP contribution in [0, 0.1) is 11.7 Å². The number of carbonyl (C=O) groups excluding carboxylic acids is 2. The minimum absolute atomic E-state index is 0.136. The molecule has 4 rings (SSSR count). The van der Waals surface area contributed by atoms with Gasteiger partial charge in [-0.2, -0.15) is 0 Å². The normalized spacial score (nSPS) is 15.9. The van der Waals surface area contributed by atoms with Crippen molar-refractivity contribution >= 4 is 46.2 Å². The molecule has 0 unspecified atom stereocenters. The molecule has 0 spiro atoms. The fourth-order valence-electron chi connectivity index (χ4n) is 4.29. The number of benzodiazepines with no additional fused rings is 1. The molecule has 6 nitrogen and oxygen atoms in total. The molecule has 1 aliphatic heterocycles. The van der Waals surface area contributed by atoms with Crippen LogP contribution in [0.25, 0.3) is 0 Å². The largest absolute Gasteiger partial charge is 0.378 e. The highest BCUT2D eigenvalue weighted by Crippen LogP contribution is 2.33. The molecule has 0 bridgehead atoms. The van der Waals surface area contributed by atoms with Crippen molar-refractivity contribution in [2.75, 3.05) is 35.8 Å². The summed E-state index contributed by atoms with van der Waals surface area (Å²) in [4.78, 5) is 35.2. The monoisotopic (exact) mass is 520 g/mol. The van der Waals surface area contributed by atoms with Crippen LogP contribution in [0.4, 0.5) is 21.5 Å². The second kappa shape index (κ2) is 11.1. The first-order valence-corrected chi connectivity index (χ1v) is 12.6. The van der Waals surface area contributed by atoms with E-state index in [4.69, 9.17) is 16.6 Å². The Morgan fingerprint density at radius 2 is 1.81 bits per heavy atom. The molecule has 2 atom stereocenters. The Morgan fingerprint density at radius 3 is 2.46 bits per heavy atom. The maximum Gasteiger partial charge on any atom is 0.252 e. The van der Waals surface area contributed by atoms with Crippen molar-refractivity contribution in [3.8, 4) is 0 Å². The molecule has 3 aromatic carbocycles. The number of aliphatic imine (C=N–C) groups is 1. The number of nitrogens with one attached hydrogen (secondary N) is 1. The third kappa shape index (κ3) is 5.67. The van der Waals surface area contributed by atoms with E-state index < -0.39 is 11.9 Å². The van der Waals surface area contributed by atoms with Gasteiger partial charge in [-0.15, -0.1) is 0 Å². The fraction of sp³-hybridized carbons (Fsp3) is 0.276. The number of amides is 2. The van der Waals surface area contributed by atoms with Crippen molar-refractivity contribution in [1.29, 1.82) is 0 Å². The third-order valence-electron chi connectivity index (χ3n) is 6.57. The number of rotatable bonds is 7. The van der Waals surface area contributed by atoms with Gasteiger partial charge in [-0.05, 0) is 60.5 Å². The Labute approximate surface area is 221 Å². The van der Waals surface area contributed by atoms with Crippen LogP contribution in [-0.2, 0) is 9.59 Å². The smallest absolute Gasteiger partial charge is 0.252 e. The Balaban J connectivity index is 1.75. The van der Waals surface area contributed by atoms with Crippen LogP contribution in [0.2, 0.25) is 5.02 Å². The van der Waals surface area contributed by atoms with Crippen molar-refractivity contribution in [2.45, 2.75) is 26.3 Å². The summed E-state index contributed by atoms with van der Waals surface area (Å²) in [5.74, 6) is -1.26. The molecule has 1 aliphatic rings. The van der Waals surface area contributed by atoms with E-state index in [0.29, 0.717) is 34.1 Å². The lowest BCUT2D eigenvalue weighted by Gasteiger charge is -2.26. The van der Waals surface area contributed by atoms with Crippen LogP contribution in [0.5, 0.6) is 0 Å². The van der Waals surface area contributed by atoms with Crippen molar-refractivity contribution in [3.05, 3.63) is 88.7 Å². The summed E-state index contributed by atoms with van der Waals surface area (Å²) < 4.78 is 15.0. The van der Waals surface area contributed by atoms with Gasteiger partial charge in [-0.3, -0.25) is 14.6 Å². The van der Waals surface area contributed by atoms with Crippen molar-refractivity contribution < 1.29 is 14.0 Å². The minimum Gasteiger partial charge on any atom is -0.378 e. The van der Waals surface area contributed by atoms with E-state index in [2.05, 4.69) is 5.32 Å². The molecule has 3 aromatic rings. The van der Waals surface area contributed by atoms with Crippen molar-refractivity contribution in [1.82, 2.24) is 0 Å². The molecule has 1 heterocycles. The SMILES string of the molecule is CC[C@H](C)[C@@H]1N=C(c2ccccc2F)c2cc(Cl)ccc2N(CC(=O)Nc2ccc(N(C)C)cc2)C1=O. The molecule has 0 fully saturated rings. The standard InChI is InChI=1S/C29H30ClFN4O2/c1-5-18(2)27-29(37)35(17-26(36)32-20-11-13-21(14-12-20)34(3)4)25-15-10-19(30)16-23(25)28(33-27)22-8-6-7-9-24(22)31/h6-16,18,27H,5,17H2,1-4H3,(H,32,36)/t18-,27-/m0/s1. The van der Waals surface area contributed by atoms with Gasteiger partial charge < -0.3 is 15.1 Å². The van der Waals surface area contributed by atoms with E-state index in [1.165, 1.54) is 11.0 Å². The number of hydrogen-bond acceptors (Lipinski definition) is 4. The first-order valence-electron chi connectivity index (χ1n) is 12.2. The van der Waals surface area contributed by atoms with Crippen LogP contribution >= 0.6 is 11.6 Å². The molecule has 1 N–H and O–H groups in total. The molecule has 2 amide bonds. The predicted octanol–water partition coefficient (Wildman–Crippen LogP) is 5.78. The number of hydrogen-bond donors (Lipinski definition) is 1. The highest BCUT2D eigenvalue weighted by Gasteiger charge is 2.36. The summed E-state index contributed by atoms with van der Waals surface area (Å²) in [5.41, 5.74) is 3.20. The molecule has 192 valence electrons. The van der Waals surface area contributed by atoms with Gasteiger partial charge in [0.2, 0.25) is 5.91 Å². The van der Waals surface area contributed by atoms with Crippen molar-refractivity contribution in [2.24, 2.45) is 10.9 Å². The lowest BCUT2D eigenvalue weighted by molar-refractivity contribution is -0.123. The summed E-state index contributed by atoms with van der Waals surface area (Å²) in [7, 11) is 3.88. The van der Waals surface area contributed by atoms with Gasteiger partial charge in [0.05, 0.1) is 11.4 Å². The second-order valence-corrected chi connectivity index (χ2v) is 9.80. The number of carbonyl (C=O) groups is 2. The maximum atomic E-state index is 15.0. The Bertz CT molecular complexity index is 1340. The first-order chi connectivity index (χ1) is 17.7. The van der Waals surface area contributed by atoms with E-state index in [-0.39, 0.29) is 29.8 Å². The third-order valence-corrected chi connectivity index (χ3v) is 6.81. The molecule has 0 saturated carbocycles. The summed E-state index contributed by atoms with van der Waals surface area (Å²) in [5, 5.41) is 3.29. The molecule has 0 radical (unpaired) electrons. The topological polar surface area (TPSA) is 65.0 Å². The zero-order valence-corrected chi connectivity index (χ0v) is 22.1. The van der Waals surface area contributed by atoms with Gasteiger partial charge in [-0.1, -0.05) is 44.0 Å². The minimum atomic E-state index is -0.794. The fourth-order valence-corrected chi connectivity index (χ4v) is 4.46. The number of halogens is 2. The zero-order valence-electron chi connectivity index (χ0n) is 21.3.